The molecule has 0 amide bonds. The van der Waals surface area contributed by atoms with Crippen molar-refractivity contribution in [3.8, 4) is 5.75 Å². The summed E-state index contributed by atoms with van der Waals surface area (Å²) in [5, 5.41) is 9.34. The number of carbonyl (C=O) groups is 2. The summed E-state index contributed by atoms with van der Waals surface area (Å²) in [5.74, 6) is -11.1. The number of carboxylic acid groups (broad SMARTS) is 1. The molecular weight excluding hydrogens is 358 g/mol. The molecule has 1 aromatic heterocycles. The Balaban J connectivity index is 2.04. The molecule has 3 aromatic rings. The fraction of sp³-hybridized carbons (Fsp3) is 0.0588. The van der Waals surface area contributed by atoms with Crippen LogP contribution in [0.1, 0.15) is 20.8 Å². The quantitative estimate of drug-likeness (QED) is 0.332. The molecule has 0 saturated heterocycles. The van der Waals surface area contributed by atoms with Gasteiger partial charge in [-0.15, -0.1) is 0 Å². The molecule has 0 aliphatic carbocycles. The van der Waals surface area contributed by atoms with Gasteiger partial charge in [0.05, 0.1) is 5.56 Å². The summed E-state index contributed by atoms with van der Waals surface area (Å²) < 4.78 is 59.5. The van der Waals surface area contributed by atoms with Crippen molar-refractivity contribution in [1.29, 1.82) is 0 Å². The second-order valence-corrected chi connectivity index (χ2v) is 5.35. The third-order valence-corrected chi connectivity index (χ3v) is 3.76. The molecule has 0 spiro atoms. The predicted octanol–water partition coefficient (Wildman–Crippen LogP) is 3.65. The highest BCUT2D eigenvalue weighted by atomic mass is 19.2. The van der Waals surface area contributed by atoms with E-state index in [9.17, 15) is 27.2 Å². The third-order valence-electron chi connectivity index (χ3n) is 3.76. The van der Waals surface area contributed by atoms with Gasteiger partial charge in [0.2, 0.25) is 17.4 Å². The molecular formula is C17H9F4NO4. The maximum absolute atomic E-state index is 13.6. The molecule has 26 heavy (non-hydrogen) atoms. The van der Waals surface area contributed by atoms with Crippen LogP contribution in [-0.2, 0) is 7.05 Å². The number of hydrogen-bond donors (Lipinski definition) is 1. The average molecular weight is 367 g/mol. The molecule has 2 aromatic carbocycles. The Hall–Kier alpha value is -3.36. The zero-order chi connectivity index (χ0) is 19.2. The molecule has 0 unspecified atom stereocenters. The van der Waals surface area contributed by atoms with Crippen LogP contribution in [0, 0.1) is 23.3 Å². The molecule has 134 valence electrons. The Morgan fingerprint density at radius 2 is 1.62 bits per heavy atom. The number of halogens is 4. The fourth-order valence-electron chi connectivity index (χ4n) is 2.46. The minimum Gasteiger partial charge on any atom is -0.478 e. The lowest BCUT2D eigenvalue weighted by Gasteiger charge is -2.08. The molecule has 0 aliphatic heterocycles. The van der Waals surface area contributed by atoms with Crippen molar-refractivity contribution in [2.45, 2.75) is 0 Å². The van der Waals surface area contributed by atoms with E-state index in [0.29, 0.717) is 10.9 Å². The number of aryl methyl sites for hydroxylation is 1. The standard InChI is InChI=1S/C17H9F4NO4/c1-22-11-3-2-7(16(23)24)4-8(11)5-12(22)17(25)26-15-13(20)9(18)6-10(19)14(15)21/h2-6H,1H3,(H,23,24). The summed E-state index contributed by atoms with van der Waals surface area (Å²) in [6.45, 7) is 0. The van der Waals surface area contributed by atoms with E-state index in [1.807, 2.05) is 0 Å². The number of hydrogen-bond acceptors (Lipinski definition) is 3. The minimum absolute atomic E-state index is 0.00769. The van der Waals surface area contributed by atoms with E-state index in [0.717, 1.165) is 0 Å². The lowest BCUT2D eigenvalue weighted by Crippen LogP contribution is -2.15. The van der Waals surface area contributed by atoms with E-state index >= 15 is 0 Å². The number of benzene rings is 2. The van der Waals surface area contributed by atoms with Crippen molar-refractivity contribution in [1.82, 2.24) is 4.57 Å². The molecule has 0 radical (unpaired) electrons. The van der Waals surface area contributed by atoms with E-state index in [2.05, 4.69) is 4.74 Å². The van der Waals surface area contributed by atoms with Gasteiger partial charge in [-0.05, 0) is 24.3 Å². The molecule has 0 atom stereocenters. The Bertz CT molecular complexity index is 1050. The summed E-state index contributed by atoms with van der Waals surface area (Å²) >= 11 is 0. The van der Waals surface area contributed by atoms with Gasteiger partial charge in [-0.25, -0.2) is 18.4 Å². The van der Waals surface area contributed by atoms with E-state index in [1.54, 1.807) is 0 Å². The number of fused-ring (bicyclic) bond motifs is 1. The summed E-state index contributed by atoms with van der Waals surface area (Å²) in [4.78, 5) is 23.2. The summed E-state index contributed by atoms with van der Waals surface area (Å²) in [5.41, 5.74) is 0.201. The van der Waals surface area contributed by atoms with E-state index in [-0.39, 0.29) is 17.3 Å². The molecule has 0 saturated carbocycles. The van der Waals surface area contributed by atoms with Crippen molar-refractivity contribution in [3.63, 3.8) is 0 Å². The molecule has 1 heterocycles. The number of carboxylic acids is 1. The first kappa shape index (κ1) is 17.5. The second-order valence-electron chi connectivity index (χ2n) is 5.35. The highest BCUT2D eigenvalue weighted by Gasteiger charge is 2.25. The van der Waals surface area contributed by atoms with Crippen molar-refractivity contribution < 1.29 is 37.0 Å². The Kier molecular flexibility index (Phi) is 4.15. The van der Waals surface area contributed by atoms with Gasteiger partial charge in [0.25, 0.3) is 0 Å². The van der Waals surface area contributed by atoms with Gasteiger partial charge in [-0.1, -0.05) is 0 Å². The molecule has 0 aliphatic rings. The van der Waals surface area contributed by atoms with Crippen LogP contribution in [0.4, 0.5) is 17.6 Å². The molecule has 1 N–H and O–H groups in total. The van der Waals surface area contributed by atoms with Gasteiger partial charge in [0.1, 0.15) is 5.69 Å². The van der Waals surface area contributed by atoms with E-state index in [4.69, 9.17) is 5.11 Å². The third kappa shape index (κ3) is 2.77. The zero-order valence-electron chi connectivity index (χ0n) is 13.0. The first-order valence-corrected chi connectivity index (χ1v) is 7.08. The normalized spacial score (nSPS) is 11.0. The van der Waals surface area contributed by atoms with Crippen molar-refractivity contribution in [2.75, 3.05) is 0 Å². The summed E-state index contributed by atoms with van der Waals surface area (Å²) in [6, 6.07) is 5.25. The Morgan fingerprint density at radius 3 is 2.19 bits per heavy atom. The predicted molar refractivity (Wildman–Crippen MR) is 81.1 cm³/mol. The van der Waals surface area contributed by atoms with Gasteiger partial charge < -0.3 is 14.4 Å². The number of ether oxygens (including phenoxy) is 1. The van der Waals surface area contributed by atoms with Gasteiger partial charge in [0, 0.05) is 24.0 Å². The lowest BCUT2D eigenvalue weighted by molar-refractivity contribution is 0.0691. The first-order valence-electron chi connectivity index (χ1n) is 7.08. The highest BCUT2D eigenvalue weighted by Crippen LogP contribution is 2.28. The highest BCUT2D eigenvalue weighted by molar-refractivity contribution is 5.99. The van der Waals surface area contributed by atoms with Crippen LogP contribution in [0.15, 0.2) is 30.3 Å². The number of carbonyl (C=O) groups excluding carboxylic acids is 1. The maximum atomic E-state index is 13.6. The number of aromatic carboxylic acids is 1. The van der Waals surface area contributed by atoms with Crippen LogP contribution >= 0.6 is 0 Å². The van der Waals surface area contributed by atoms with Crippen molar-refractivity contribution >= 4 is 22.8 Å². The summed E-state index contributed by atoms with van der Waals surface area (Å²) in [6.07, 6.45) is 0. The monoisotopic (exact) mass is 367 g/mol. The van der Waals surface area contributed by atoms with Crippen LogP contribution in [0.3, 0.4) is 0 Å². The lowest BCUT2D eigenvalue weighted by atomic mass is 10.1. The van der Waals surface area contributed by atoms with Crippen LogP contribution in [0.25, 0.3) is 10.9 Å². The minimum atomic E-state index is -1.84. The van der Waals surface area contributed by atoms with Crippen LogP contribution < -0.4 is 4.74 Å². The Morgan fingerprint density at radius 1 is 1.00 bits per heavy atom. The first-order chi connectivity index (χ1) is 12.2. The van der Waals surface area contributed by atoms with Crippen LogP contribution in [0.2, 0.25) is 0 Å². The number of rotatable bonds is 3. The Labute approximate surface area is 143 Å². The van der Waals surface area contributed by atoms with E-state index < -0.39 is 41.0 Å². The molecule has 0 bridgehead atoms. The number of aromatic nitrogens is 1. The average Bonchev–Trinajstić information content (AvgIpc) is 2.93. The molecule has 5 nitrogen and oxygen atoms in total. The molecule has 0 fully saturated rings. The van der Waals surface area contributed by atoms with Gasteiger partial charge in [-0.3, -0.25) is 0 Å². The second kappa shape index (κ2) is 6.17. The SMILES string of the molecule is Cn1c(C(=O)Oc2c(F)c(F)cc(F)c2F)cc2cc(C(=O)O)ccc21. The van der Waals surface area contributed by atoms with Gasteiger partial charge in [-0.2, -0.15) is 8.78 Å². The van der Waals surface area contributed by atoms with Crippen LogP contribution in [0.5, 0.6) is 5.75 Å². The number of esters is 1. The van der Waals surface area contributed by atoms with Crippen LogP contribution in [-0.4, -0.2) is 21.6 Å². The topological polar surface area (TPSA) is 68.5 Å². The van der Waals surface area contributed by atoms with Gasteiger partial charge >= 0.3 is 11.9 Å². The van der Waals surface area contributed by atoms with Gasteiger partial charge in [0.15, 0.2) is 11.6 Å². The maximum Gasteiger partial charge on any atom is 0.360 e. The fourth-order valence-corrected chi connectivity index (χ4v) is 2.46. The van der Waals surface area contributed by atoms with Crippen molar-refractivity contribution in [3.05, 3.63) is 64.9 Å². The zero-order valence-corrected chi connectivity index (χ0v) is 13.0. The van der Waals surface area contributed by atoms with E-state index in [1.165, 1.54) is 35.9 Å². The largest absolute Gasteiger partial charge is 0.478 e. The molecule has 9 heteroatoms. The van der Waals surface area contributed by atoms with Crippen molar-refractivity contribution in [2.24, 2.45) is 7.05 Å². The smallest absolute Gasteiger partial charge is 0.360 e. The molecule has 3 rings (SSSR count). The summed E-state index contributed by atoms with van der Waals surface area (Å²) in [7, 11) is 1.43. The number of nitrogens with zero attached hydrogens (tertiary/aromatic N) is 1.